The standard InChI is InChI=1S/C16H19N3O6S2/c1-10(7-14(20)23-2)17-15-18-16(26-19-15)27(21,22)9-11-8-24-12-5-3-4-6-13(12)25-11/h3-6,10-11H,7-9H2,1-2H3,(H,17,19). The molecule has 9 nitrogen and oxygen atoms in total. The van der Waals surface area contributed by atoms with Gasteiger partial charge in [0, 0.05) is 17.6 Å². The van der Waals surface area contributed by atoms with Crippen molar-refractivity contribution in [1.29, 1.82) is 0 Å². The van der Waals surface area contributed by atoms with E-state index in [1.807, 2.05) is 6.07 Å². The predicted octanol–water partition coefficient (Wildman–Crippen LogP) is 1.52. The Labute approximate surface area is 160 Å². The first kappa shape index (κ1) is 19.4. The summed E-state index contributed by atoms with van der Waals surface area (Å²) in [6, 6.07) is 6.80. The van der Waals surface area contributed by atoms with Crippen molar-refractivity contribution in [3.63, 3.8) is 0 Å². The van der Waals surface area contributed by atoms with Crippen LogP contribution in [0, 0.1) is 0 Å². The number of benzene rings is 1. The van der Waals surface area contributed by atoms with Crippen LogP contribution in [0.3, 0.4) is 0 Å². The number of rotatable bonds is 7. The Balaban J connectivity index is 1.62. The fourth-order valence-electron chi connectivity index (χ4n) is 2.46. The fourth-order valence-corrected chi connectivity index (χ4v) is 4.64. The lowest BCUT2D eigenvalue weighted by atomic mass is 10.2. The van der Waals surface area contributed by atoms with E-state index in [0.29, 0.717) is 11.5 Å². The highest BCUT2D eigenvalue weighted by Crippen LogP contribution is 2.31. The summed E-state index contributed by atoms with van der Waals surface area (Å²) < 4.78 is 44.9. The summed E-state index contributed by atoms with van der Waals surface area (Å²) in [5.41, 5.74) is 0. The first-order valence-electron chi connectivity index (χ1n) is 8.15. The largest absolute Gasteiger partial charge is 0.486 e. The summed E-state index contributed by atoms with van der Waals surface area (Å²) in [5, 5.41) is 2.88. The zero-order valence-corrected chi connectivity index (χ0v) is 16.4. The summed E-state index contributed by atoms with van der Waals surface area (Å²) in [6.07, 6.45) is -0.520. The maximum absolute atomic E-state index is 12.6. The molecule has 0 fully saturated rings. The minimum atomic E-state index is -3.70. The number of hydrogen-bond acceptors (Lipinski definition) is 10. The Morgan fingerprint density at radius 3 is 2.89 bits per heavy atom. The van der Waals surface area contributed by atoms with E-state index in [0.717, 1.165) is 11.5 Å². The van der Waals surface area contributed by atoms with E-state index in [9.17, 15) is 13.2 Å². The van der Waals surface area contributed by atoms with Crippen LogP contribution in [0.4, 0.5) is 5.95 Å². The van der Waals surface area contributed by atoms with Crippen LogP contribution < -0.4 is 14.8 Å². The number of esters is 1. The van der Waals surface area contributed by atoms with Crippen LogP contribution in [0.25, 0.3) is 0 Å². The van der Waals surface area contributed by atoms with E-state index >= 15 is 0 Å². The average Bonchev–Trinajstić information content (AvgIpc) is 3.10. The maximum atomic E-state index is 12.6. The Morgan fingerprint density at radius 1 is 1.41 bits per heavy atom. The summed E-state index contributed by atoms with van der Waals surface area (Å²) in [5.74, 6) is 0.607. The van der Waals surface area contributed by atoms with Gasteiger partial charge in [-0.2, -0.15) is 9.36 Å². The monoisotopic (exact) mass is 413 g/mol. The van der Waals surface area contributed by atoms with E-state index in [1.54, 1.807) is 25.1 Å². The zero-order chi connectivity index (χ0) is 19.4. The molecule has 1 aliphatic rings. The van der Waals surface area contributed by atoms with Gasteiger partial charge in [-0.3, -0.25) is 4.79 Å². The fraction of sp³-hybridized carbons (Fsp3) is 0.438. The molecular formula is C16H19N3O6S2. The molecule has 0 saturated heterocycles. The molecule has 0 bridgehead atoms. The number of nitrogens with one attached hydrogen (secondary N) is 1. The van der Waals surface area contributed by atoms with Gasteiger partial charge in [0.25, 0.3) is 0 Å². The van der Waals surface area contributed by atoms with Crippen molar-refractivity contribution in [2.45, 2.75) is 29.8 Å². The number of aromatic nitrogens is 2. The molecule has 1 N–H and O–H groups in total. The van der Waals surface area contributed by atoms with Gasteiger partial charge in [0.05, 0.1) is 19.3 Å². The lowest BCUT2D eigenvalue weighted by Crippen LogP contribution is -2.35. The van der Waals surface area contributed by atoms with Gasteiger partial charge in [-0.25, -0.2) is 8.42 Å². The molecule has 2 atom stereocenters. The van der Waals surface area contributed by atoms with E-state index in [2.05, 4.69) is 19.4 Å². The van der Waals surface area contributed by atoms with E-state index < -0.39 is 15.9 Å². The van der Waals surface area contributed by atoms with Crippen molar-refractivity contribution < 1.29 is 27.4 Å². The van der Waals surface area contributed by atoms with Crippen LogP contribution in [0.5, 0.6) is 11.5 Å². The number of carbonyl (C=O) groups excluding carboxylic acids is 1. The number of ether oxygens (including phenoxy) is 3. The molecule has 1 aromatic carbocycles. The number of hydrogen-bond donors (Lipinski definition) is 1. The second-order valence-electron chi connectivity index (χ2n) is 5.99. The highest BCUT2D eigenvalue weighted by molar-refractivity contribution is 7.93. The molecule has 2 heterocycles. The normalized spacial score (nSPS) is 17.2. The molecule has 11 heteroatoms. The van der Waals surface area contributed by atoms with Gasteiger partial charge in [-0.05, 0) is 19.1 Å². The molecule has 2 unspecified atom stereocenters. The topological polar surface area (TPSA) is 117 Å². The lowest BCUT2D eigenvalue weighted by molar-refractivity contribution is -0.140. The van der Waals surface area contributed by atoms with Gasteiger partial charge in [-0.1, -0.05) is 12.1 Å². The lowest BCUT2D eigenvalue weighted by Gasteiger charge is -2.25. The molecule has 1 aliphatic heterocycles. The minimum absolute atomic E-state index is 0.113. The van der Waals surface area contributed by atoms with Crippen LogP contribution in [-0.2, 0) is 19.4 Å². The van der Waals surface area contributed by atoms with Crippen molar-refractivity contribution in [1.82, 2.24) is 9.36 Å². The SMILES string of the molecule is COC(=O)CC(C)Nc1nsc(S(=O)(=O)CC2COc3ccccc3O2)n1. The quantitative estimate of drug-likeness (QED) is 0.674. The van der Waals surface area contributed by atoms with Crippen molar-refractivity contribution in [3.8, 4) is 11.5 Å². The summed E-state index contributed by atoms with van der Waals surface area (Å²) in [6.45, 7) is 1.88. The molecule has 0 radical (unpaired) electrons. The van der Waals surface area contributed by atoms with Gasteiger partial charge >= 0.3 is 5.97 Å². The third-order valence-electron chi connectivity index (χ3n) is 3.72. The highest BCUT2D eigenvalue weighted by atomic mass is 32.2. The second-order valence-corrected chi connectivity index (χ2v) is 8.95. The number of para-hydroxylation sites is 2. The smallest absolute Gasteiger partial charge is 0.307 e. The second kappa shape index (κ2) is 8.09. The van der Waals surface area contributed by atoms with Crippen LogP contribution in [0.2, 0.25) is 0 Å². The molecule has 27 heavy (non-hydrogen) atoms. The Bertz CT molecular complexity index is 914. The first-order chi connectivity index (χ1) is 12.9. The van der Waals surface area contributed by atoms with Crippen molar-refractivity contribution >= 4 is 33.3 Å². The van der Waals surface area contributed by atoms with Crippen molar-refractivity contribution in [2.75, 3.05) is 24.8 Å². The van der Waals surface area contributed by atoms with Gasteiger partial charge < -0.3 is 19.5 Å². The van der Waals surface area contributed by atoms with E-state index in [-0.39, 0.29) is 41.1 Å². The van der Waals surface area contributed by atoms with Gasteiger partial charge in [0.1, 0.15) is 12.7 Å². The van der Waals surface area contributed by atoms with Crippen molar-refractivity contribution in [3.05, 3.63) is 24.3 Å². The molecule has 3 rings (SSSR count). The zero-order valence-electron chi connectivity index (χ0n) is 14.7. The summed E-state index contributed by atoms with van der Waals surface area (Å²) in [7, 11) is -2.39. The molecule has 0 spiro atoms. The van der Waals surface area contributed by atoms with Gasteiger partial charge in [0.2, 0.25) is 20.1 Å². The average molecular weight is 413 g/mol. The number of fused-ring (bicyclic) bond motifs is 1. The third-order valence-corrected chi connectivity index (χ3v) is 6.65. The van der Waals surface area contributed by atoms with Crippen molar-refractivity contribution in [2.24, 2.45) is 0 Å². The van der Waals surface area contributed by atoms with Gasteiger partial charge in [0.15, 0.2) is 11.5 Å². The third kappa shape index (κ3) is 4.86. The van der Waals surface area contributed by atoms with E-state index in [4.69, 9.17) is 9.47 Å². The molecule has 0 aliphatic carbocycles. The number of methoxy groups -OCH3 is 1. The number of anilines is 1. The summed E-state index contributed by atoms with van der Waals surface area (Å²) >= 11 is 0.773. The minimum Gasteiger partial charge on any atom is -0.486 e. The Morgan fingerprint density at radius 2 is 2.15 bits per heavy atom. The highest BCUT2D eigenvalue weighted by Gasteiger charge is 2.30. The maximum Gasteiger partial charge on any atom is 0.307 e. The van der Waals surface area contributed by atoms with Crippen LogP contribution >= 0.6 is 11.5 Å². The molecular weight excluding hydrogens is 394 g/mol. The van der Waals surface area contributed by atoms with Gasteiger partial charge in [-0.15, -0.1) is 0 Å². The molecule has 0 saturated carbocycles. The molecule has 146 valence electrons. The number of nitrogens with zero attached hydrogens (tertiary/aromatic N) is 2. The first-order valence-corrected chi connectivity index (χ1v) is 10.6. The Hall–Kier alpha value is -2.40. The Kier molecular flexibility index (Phi) is 5.80. The molecule has 0 amide bonds. The molecule has 2 aromatic rings. The predicted molar refractivity (Wildman–Crippen MR) is 98.0 cm³/mol. The number of sulfone groups is 1. The molecule has 1 aromatic heterocycles. The van der Waals surface area contributed by atoms with Crippen LogP contribution in [0.15, 0.2) is 28.6 Å². The summed E-state index contributed by atoms with van der Waals surface area (Å²) in [4.78, 5) is 15.3. The van der Waals surface area contributed by atoms with Crippen LogP contribution in [-0.4, -0.2) is 55.4 Å². The number of carbonyl (C=O) groups is 1. The van der Waals surface area contributed by atoms with Crippen LogP contribution in [0.1, 0.15) is 13.3 Å². The van der Waals surface area contributed by atoms with E-state index in [1.165, 1.54) is 7.11 Å².